The van der Waals surface area contributed by atoms with Crippen molar-refractivity contribution in [3.63, 3.8) is 0 Å². The van der Waals surface area contributed by atoms with Crippen molar-refractivity contribution in [3.05, 3.63) is 99.6 Å². The largest absolute Gasteiger partial charge is 0.498 e. The van der Waals surface area contributed by atoms with Crippen LogP contribution in [0.4, 0.5) is 4.32 Å². The number of hydrogen-bond acceptors (Lipinski definition) is 0. The van der Waals surface area contributed by atoms with Crippen molar-refractivity contribution in [1.82, 2.24) is 0 Å². The predicted octanol–water partition coefficient (Wildman–Crippen LogP) is 5.83. The van der Waals surface area contributed by atoms with Crippen LogP contribution in [0.25, 0.3) is 10.8 Å². The van der Waals surface area contributed by atoms with E-state index >= 15 is 4.32 Å². The second-order valence-corrected chi connectivity index (χ2v) is 11.7. The minimum Gasteiger partial charge on any atom is -0.498 e. The van der Waals surface area contributed by atoms with Crippen molar-refractivity contribution in [2.24, 2.45) is 0 Å². The molecule has 0 aliphatic rings. The third kappa shape index (κ3) is 4.55. The van der Waals surface area contributed by atoms with Gasteiger partial charge >= 0.3 is 0 Å². The molecule has 0 bridgehead atoms. The first-order valence-corrected chi connectivity index (χ1v) is 12.6. The molecule has 0 saturated carbocycles. The molecule has 0 N–H and O–H groups in total. The van der Waals surface area contributed by atoms with E-state index in [-0.39, 0.29) is 0 Å². The highest BCUT2D eigenvalue weighted by Gasteiger charge is 2.36. The van der Waals surface area contributed by atoms with Crippen molar-refractivity contribution in [2.45, 2.75) is 48.1 Å². The standard InChI is InChI=1S/C32H39BFN/c1-21-16-23(3)31(24(4)17-21)33(34,32-25(5)18-22(2)19-26(32)6)29-15-11-13-27-12-10-14-28(30(27)29)20-35(7,8)9/h10-19H,20H2,1-9H3. The third-order valence-corrected chi connectivity index (χ3v) is 7.37. The molecule has 0 heterocycles. The van der Waals surface area contributed by atoms with Crippen LogP contribution in [-0.4, -0.2) is 32.0 Å². The molecule has 3 heteroatoms. The van der Waals surface area contributed by atoms with Gasteiger partial charge in [0.2, 0.25) is 6.42 Å². The Morgan fingerprint density at radius 2 is 1.09 bits per heavy atom. The van der Waals surface area contributed by atoms with Crippen LogP contribution < -0.4 is 16.4 Å². The predicted molar refractivity (Wildman–Crippen MR) is 153 cm³/mol. The average molecular weight is 467 g/mol. The lowest BCUT2D eigenvalue weighted by Crippen LogP contribution is -2.67. The Kier molecular flexibility index (Phi) is 6.44. The third-order valence-electron chi connectivity index (χ3n) is 7.37. The van der Waals surface area contributed by atoms with E-state index in [0.29, 0.717) is 0 Å². The highest BCUT2D eigenvalue weighted by atomic mass is 19.1. The SMILES string of the molecule is Cc1cc(C)c([B-](F)(c2c(C)cc(C)cc2C)c2cccc3cccc(C[N+](C)(C)C)c23)c(C)c1. The molecule has 4 aromatic rings. The number of quaternary nitrogens is 1. The van der Waals surface area contributed by atoms with Gasteiger partial charge in [-0.25, -0.2) is 0 Å². The van der Waals surface area contributed by atoms with Gasteiger partial charge in [-0.15, -0.1) is 0 Å². The van der Waals surface area contributed by atoms with Crippen molar-refractivity contribution < 1.29 is 8.80 Å². The molecule has 0 aromatic heterocycles. The molecule has 0 amide bonds. The van der Waals surface area contributed by atoms with Crippen molar-refractivity contribution >= 4 is 33.6 Å². The maximum atomic E-state index is 18.7. The minimum atomic E-state index is -2.73. The Morgan fingerprint density at radius 3 is 1.51 bits per heavy atom. The van der Waals surface area contributed by atoms with Gasteiger partial charge in [0.25, 0.3) is 0 Å². The average Bonchev–Trinajstić information content (AvgIpc) is 2.70. The van der Waals surface area contributed by atoms with Crippen LogP contribution in [-0.2, 0) is 6.54 Å². The number of nitrogens with zero attached hydrogens (tertiary/aromatic N) is 1. The second kappa shape index (κ2) is 8.95. The van der Waals surface area contributed by atoms with Crippen LogP contribution in [0.2, 0.25) is 0 Å². The van der Waals surface area contributed by atoms with E-state index in [1.165, 1.54) is 16.7 Å². The van der Waals surface area contributed by atoms with Gasteiger partial charge in [-0.3, -0.25) is 0 Å². The molecule has 182 valence electrons. The number of halogens is 1. The molecule has 0 fully saturated rings. The van der Waals surface area contributed by atoms with E-state index in [9.17, 15) is 0 Å². The van der Waals surface area contributed by atoms with Crippen LogP contribution in [0.5, 0.6) is 0 Å². The molecule has 4 rings (SSSR count). The summed E-state index contributed by atoms with van der Waals surface area (Å²) in [6.45, 7) is 13.3. The first kappa shape index (κ1) is 25.2. The van der Waals surface area contributed by atoms with E-state index in [1.54, 1.807) is 0 Å². The highest BCUT2D eigenvalue weighted by Crippen LogP contribution is 2.26. The zero-order valence-electron chi connectivity index (χ0n) is 22.9. The topological polar surface area (TPSA) is 0 Å². The molecule has 0 spiro atoms. The van der Waals surface area contributed by atoms with Crippen LogP contribution in [0.1, 0.15) is 38.9 Å². The maximum absolute atomic E-state index is 18.7. The Labute approximate surface area is 211 Å². The highest BCUT2D eigenvalue weighted by molar-refractivity contribution is 7.08. The second-order valence-electron chi connectivity index (χ2n) is 11.7. The first-order valence-electron chi connectivity index (χ1n) is 12.6. The minimum absolute atomic E-state index is 0.783. The molecule has 0 unspecified atom stereocenters. The van der Waals surface area contributed by atoms with Gasteiger partial charge < -0.3 is 8.80 Å². The zero-order chi connectivity index (χ0) is 25.7. The first-order chi connectivity index (χ1) is 16.3. The lowest BCUT2D eigenvalue weighted by atomic mass is 9.28. The normalized spacial score (nSPS) is 12.4. The molecule has 0 aliphatic carbocycles. The zero-order valence-corrected chi connectivity index (χ0v) is 22.9. The summed E-state index contributed by atoms with van der Waals surface area (Å²) in [5.41, 5.74) is 10.1. The Hall–Kier alpha value is -2.91. The van der Waals surface area contributed by atoms with Crippen molar-refractivity contribution in [2.75, 3.05) is 21.1 Å². The van der Waals surface area contributed by atoms with Gasteiger partial charge in [0.1, 0.15) is 6.54 Å². The Morgan fingerprint density at radius 1 is 0.657 bits per heavy atom. The van der Waals surface area contributed by atoms with E-state index in [1.807, 2.05) is 12.1 Å². The van der Waals surface area contributed by atoms with Crippen LogP contribution in [0.15, 0.2) is 60.7 Å². The molecule has 0 aliphatic heterocycles. The van der Waals surface area contributed by atoms with E-state index in [4.69, 9.17) is 0 Å². The quantitative estimate of drug-likeness (QED) is 0.256. The summed E-state index contributed by atoms with van der Waals surface area (Å²) in [5, 5.41) is 2.16. The monoisotopic (exact) mass is 467 g/mol. The van der Waals surface area contributed by atoms with E-state index < -0.39 is 6.42 Å². The summed E-state index contributed by atoms with van der Waals surface area (Å²) in [5.74, 6) is 0. The molecule has 35 heavy (non-hydrogen) atoms. The van der Waals surface area contributed by atoms with Gasteiger partial charge in [0, 0.05) is 5.56 Å². The van der Waals surface area contributed by atoms with Gasteiger partial charge in [0.15, 0.2) is 0 Å². The fraction of sp³-hybridized carbons (Fsp3) is 0.312. The van der Waals surface area contributed by atoms with E-state index in [0.717, 1.165) is 60.4 Å². The number of rotatable bonds is 5. The van der Waals surface area contributed by atoms with Gasteiger partial charge in [-0.2, -0.15) is 16.4 Å². The van der Waals surface area contributed by atoms with E-state index in [2.05, 4.69) is 111 Å². The maximum Gasteiger partial charge on any atom is 0.235 e. The summed E-state index contributed by atoms with van der Waals surface area (Å²) >= 11 is 0. The molecule has 0 saturated heterocycles. The summed E-state index contributed by atoms with van der Waals surface area (Å²) in [6, 6.07) is 21.1. The number of aryl methyl sites for hydroxylation is 6. The lowest BCUT2D eigenvalue weighted by molar-refractivity contribution is -0.883. The van der Waals surface area contributed by atoms with Crippen LogP contribution in [0, 0.1) is 41.5 Å². The summed E-state index contributed by atoms with van der Waals surface area (Å²) in [6.07, 6.45) is -2.73. The number of fused-ring (bicyclic) bond motifs is 1. The smallest absolute Gasteiger partial charge is 0.235 e. The molecule has 0 radical (unpaired) electrons. The fourth-order valence-corrected chi connectivity index (χ4v) is 6.52. The lowest BCUT2D eigenvalue weighted by Gasteiger charge is -2.42. The molecule has 0 atom stereocenters. The molecular weight excluding hydrogens is 428 g/mol. The van der Waals surface area contributed by atoms with Crippen LogP contribution >= 0.6 is 0 Å². The Balaban J connectivity index is 2.22. The summed E-state index contributed by atoms with van der Waals surface area (Å²) in [7, 11) is 6.58. The Bertz CT molecular complexity index is 1320. The number of benzene rings is 4. The van der Waals surface area contributed by atoms with Crippen molar-refractivity contribution in [3.8, 4) is 0 Å². The molecule has 1 nitrogen and oxygen atoms in total. The summed E-state index contributed by atoms with van der Waals surface area (Å²) < 4.78 is 19.5. The van der Waals surface area contributed by atoms with Gasteiger partial charge in [-0.05, 0) is 52.3 Å². The fourth-order valence-electron chi connectivity index (χ4n) is 6.52. The van der Waals surface area contributed by atoms with Crippen LogP contribution in [0.3, 0.4) is 0 Å². The molecular formula is C32H39BFN. The van der Waals surface area contributed by atoms with Gasteiger partial charge in [-0.1, -0.05) is 94.0 Å². The summed E-state index contributed by atoms with van der Waals surface area (Å²) in [4.78, 5) is 0. The van der Waals surface area contributed by atoms with Gasteiger partial charge in [0.05, 0.1) is 21.1 Å². The molecule has 4 aromatic carbocycles. The number of hydrogen-bond donors (Lipinski definition) is 0. The van der Waals surface area contributed by atoms with Crippen molar-refractivity contribution in [1.29, 1.82) is 0 Å².